The number of rotatable bonds is 8. The molecule has 0 unspecified atom stereocenters. The van der Waals surface area contributed by atoms with Gasteiger partial charge in [0.2, 0.25) is 11.1 Å². The summed E-state index contributed by atoms with van der Waals surface area (Å²) in [4.78, 5) is 12.1. The number of hydrogen-bond donors (Lipinski definition) is 3. The molecular formula is C18H19N7O2S. The van der Waals surface area contributed by atoms with Gasteiger partial charge >= 0.3 is 0 Å². The number of nitrogens with two attached hydrogens (primary N) is 1. The van der Waals surface area contributed by atoms with Gasteiger partial charge in [-0.1, -0.05) is 48.2 Å². The van der Waals surface area contributed by atoms with Crippen molar-refractivity contribution in [2.24, 2.45) is 5.10 Å². The second-order valence-electron chi connectivity index (χ2n) is 5.53. The minimum Gasteiger partial charge on any atom is -0.497 e. The van der Waals surface area contributed by atoms with E-state index in [1.54, 1.807) is 37.6 Å². The van der Waals surface area contributed by atoms with E-state index in [1.165, 1.54) is 4.68 Å². The molecule has 0 saturated heterocycles. The molecule has 0 fully saturated rings. The Kier molecular flexibility index (Phi) is 6.47. The third-order valence-corrected chi connectivity index (χ3v) is 4.47. The lowest BCUT2D eigenvalue weighted by molar-refractivity contribution is -0.113. The summed E-state index contributed by atoms with van der Waals surface area (Å²) < 4.78 is 6.37. The van der Waals surface area contributed by atoms with Crippen molar-refractivity contribution in [1.82, 2.24) is 14.9 Å². The highest BCUT2D eigenvalue weighted by Gasteiger charge is 2.12. The average Bonchev–Trinajstić information content (AvgIpc) is 3.07. The minimum absolute atomic E-state index is 0.125. The van der Waals surface area contributed by atoms with Crippen molar-refractivity contribution in [3.8, 4) is 5.75 Å². The monoisotopic (exact) mass is 397 g/mol. The fourth-order valence-electron chi connectivity index (χ4n) is 2.18. The number of hydrazone groups is 1. The van der Waals surface area contributed by atoms with E-state index in [-0.39, 0.29) is 17.6 Å². The molecule has 0 bridgehead atoms. The first kappa shape index (κ1) is 19.2. The van der Waals surface area contributed by atoms with Crippen molar-refractivity contribution in [1.29, 1.82) is 0 Å². The summed E-state index contributed by atoms with van der Waals surface area (Å²) in [5.41, 5.74) is 4.31. The van der Waals surface area contributed by atoms with Crippen LogP contribution in [0.25, 0.3) is 0 Å². The third kappa shape index (κ3) is 5.24. The predicted molar refractivity (Wildman–Crippen MR) is 110 cm³/mol. The summed E-state index contributed by atoms with van der Waals surface area (Å²) in [6.45, 7) is 0. The number of anilines is 2. The van der Waals surface area contributed by atoms with E-state index in [0.717, 1.165) is 17.3 Å². The molecule has 4 N–H and O–H groups in total. The SMILES string of the molecule is COc1cccc(NC(=O)CSc2nnc(N/N=C/c3ccccc3)n2N)c1. The quantitative estimate of drug-likeness (QED) is 0.231. The van der Waals surface area contributed by atoms with Gasteiger partial charge in [0.15, 0.2) is 0 Å². The van der Waals surface area contributed by atoms with E-state index in [2.05, 4.69) is 26.0 Å². The van der Waals surface area contributed by atoms with Crippen LogP contribution in [-0.4, -0.2) is 39.9 Å². The molecule has 144 valence electrons. The molecule has 2 aromatic carbocycles. The molecule has 3 rings (SSSR count). The molecule has 3 aromatic rings. The number of aromatic nitrogens is 3. The minimum atomic E-state index is -0.196. The number of carbonyl (C=O) groups is 1. The fraction of sp³-hybridized carbons (Fsp3) is 0.111. The zero-order valence-electron chi connectivity index (χ0n) is 15.1. The Labute approximate surface area is 166 Å². The van der Waals surface area contributed by atoms with Crippen molar-refractivity contribution in [2.45, 2.75) is 5.16 Å². The number of thioether (sulfide) groups is 1. The summed E-state index contributed by atoms with van der Waals surface area (Å²) in [7, 11) is 1.57. The highest BCUT2D eigenvalue weighted by molar-refractivity contribution is 7.99. The second-order valence-corrected chi connectivity index (χ2v) is 6.47. The first-order valence-electron chi connectivity index (χ1n) is 8.27. The molecule has 9 nitrogen and oxygen atoms in total. The van der Waals surface area contributed by atoms with Gasteiger partial charge in [-0.15, -0.1) is 10.2 Å². The molecule has 1 heterocycles. The predicted octanol–water partition coefficient (Wildman–Crippen LogP) is 2.18. The molecule has 0 aliphatic heterocycles. The molecule has 0 atom stereocenters. The molecule has 10 heteroatoms. The average molecular weight is 397 g/mol. The van der Waals surface area contributed by atoms with E-state index in [9.17, 15) is 4.79 Å². The Morgan fingerprint density at radius 2 is 2.07 bits per heavy atom. The first-order chi connectivity index (χ1) is 13.7. The van der Waals surface area contributed by atoms with Crippen molar-refractivity contribution >= 4 is 35.5 Å². The van der Waals surface area contributed by atoms with Gasteiger partial charge in [0.05, 0.1) is 19.1 Å². The molecule has 1 aromatic heterocycles. The van der Waals surface area contributed by atoms with Crippen molar-refractivity contribution in [3.05, 3.63) is 60.2 Å². The van der Waals surface area contributed by atoms with Crippen LogP contribution >= 0.6 is 11.8 Å². The van der Waals surface area contributed by atoms with E-state index < -0.39 is 0 Å². The van der Waals surface area contributed by atoms with Gasteiger partial charge in [-0.2, -0.15) is 5.10 Å². The third-order valence-electron chi connectivity index (χ3n) is 3.53. The Balaban J connectivity index is 1.52. The molecular weight excluding hydrogens is 378 g/mol. The number of amides is 1. The van der Waals surface area contributed by atoms with Crippen molar-refractivity contribution in [2.75, 3.05) is 29.4 Å². The van der Waals surface area contributed by atoms with Crippen molar-refractivity contribution < 1.29 is 9.53 Å². The van der Waals surface area contributed by atoms with E-state index in [1.807, 2.05) is 30.3 Å². The Bertz CT molecular complexity index is 960. The number of nitrogens with zero attached hydrogens (tertiary/aromatic N) is 4. The van der Waals surface area contributed by atoms with E-state index in [0.29, 0.717) is 16.6 Å². The van der Waals surface area contributed by atoms with Crippen LogP contribution < -0.4 is 21.3 Å². The van der Waals surface area contributed by atoms with Crippen LogP contribution in [0.5, 0.6) is 5.75 Å². The lowest BCUT2D eigenvalue weighted by Gasteiger charge is -2.07. The first-order valence-corrected chi connectivity index (χ1v) is 9.25. The topological polar surface area (TPSA) is 119 Å². The molecule has 0 saturated carbocycles. The van der Waals surface area contributed by atoms with Gasteiger partial charge in [-0.3, -0.25) is 4.79 Å². The van der Waals surface area contributed by atoms with Gasteiger partial charge in [-0.05, 0) is 17.7 Å². The maximum absolute atomic E-state index is 12.1. The number of methoxy groups -OCH3 is 1. The number of nitrogens with one attached hydrogen (secondary N) is 2. The Morgan fingerprint density at radius 1 is 1.25 bits per heavy atom. The largest absolute Gasteiger partial charge is 0.497 e. The molecule has 0 radical (unpaired) electrons. The standard InChI is InChI=1S/C18H19N7O2S/c1-27-15-9-5-8-14(10-15)21-16(26)12-28-18-24-23-17(25(18)19)22-20-11-13-6-3-2-4-7-13/h2-11H,12,19H2,1H3,(H,21,26)(H,22,23)/b20-11+. The van der Waals surface area contributed by atoms with Crippen molar-refractivity contribution in [3.63, 3.8) is 0 Å². The van der Waals surface area contributed by atoms with Gasteiger partial charge in [0.25, 0.3) is 5.95 Å². The van der Waals surface area contributed by atoms with Gasteiger partial charge in [-0.25, -0.2) is 10.1 Å². The maximum Gasteiger partial charge on any atom is 0.264 e. The van der Waals surface area contributed by atoms with Gasteiger partial charge in [0, 0.05) is 11.8 Å². The Hall–Kier alpha value is -3.53. The van der Waals surface area contributed by atoms with E-state index >= 15 is 0 Å². The van der Waals surface area contributed by atoms with Gasteiger partial charge in [0.1, 0.15) is 5.75 Å². The lowest BCUT2D eigenvalue weighted by atomic mass is 10.2. The summed E-state index contributed by atoms with van der Waals surface area (Å²) >= 11 is 1.16. The fourth-order valence-corrected chi connectivity index (χ4v) is 2.84. The van der Waals surface area contributed by atoms with Crippen LogP contribution in [-0.2, 0) is 4.79 Å². The summed E-state index contributed by atoms with van der Waals surface area (Å²) in [6, 6.07) is 16.7. The highest BCUT2D eigenvalue weighted by atomic mass is 32.2. The molecule has 0 spiro atoms. The van der Waals surface area contributed by atoms with Crippen LogP contribution in [0.1, 0.15) is 5.56 Å². The zero-order chi connectivity index (χ0) is 19.8. The summed E-state index contributed by atoms with van der Waals surface area (Å²) in [5, 5.41) is 15.1. The summed E-state index contributed by atoms with van der Waals surface area (Å²) in [5.74, 6) is 6.81. The van der Waals surface area contributed by atoms with Crippen LogP contribution in [0, 0.1) is 0 Å². The number of ether oxygens (including phenoxy) is 1. The molecule has 1 amide bonds. The number of carbonyl (C=O) groups excluding carboxylic acids is 1. The van der Waals surface area contributed by atoms with Gasteiger partial charge < -0.3 is 15.9 Å². The number of nitrogen functional groups attached to an aromatic ring is 1. The maximum atomic E-state index is 12.1. The zero-order valence-corrected chi connectivity index (χ0v) is 15.9. The van der Waals surface area contributed by atoms with Crippen LogP contribution in [0.4, 0.5) is 11.6 Å². The van der Waals surface area contributed by atoms with Crippen LogP contribution in [0.15, 0.2) is 64.9 Å². The van der Waals surface area contributed by atoms with E-state index in [4.69, 9.17) is 10.6 Å². The smallest absolute Gasteiger partial charge is 0.264 e. The highest BCUT2D eigenvalue weighted by Crippen LogP contribution is 2.19. The number of benzene rings is 2. The molecule has 0 aliphatic rings. The van der Waals surface area contributed by atoms with Crippen LogP contribution in [0.3, 0.4) is 0 Å². The number of hydrogen-bond acceptors (Lipinski definition) is 8. The summed E-state index contributed by atoms with van der Waals surface area (Å²) in [6.07, 6.45) is 1.64. The normalized spacial score (nSPS) is 10.8. The lowest BCUT2D eigenvalue weighted by Crippen LogP contribution is -2.16. The molecule has 28 heavy (non-hydrogen) atoms. The second kappa shape index (κ2) is 9.42. The van der Waals surface area contributed by atoms with Crippen LogP contribution in [0.2, 0.25) is 0 Å². The molecule has 0 aliphatic carbocycles. The Morgan fingerprint density at radius 3 is 2.86 bits per heavy atom.